The summed E-state index contributed by atoms with van der Waals surface area (Å²) in [6.07, 6.45) is 0. The summed E-state index contributed by atoms with van der Waals surface area (Å²) in [5, 5.41) is 3.92. The number of benzene rings is 2. The van der Waals surface area contributed by atoms with Crippen molar-refractivity contribution in [1.82, 2.24) is 10.2 Å². The average molecular weight is 413 g/mol. The molecule has 2 aromatic carbocycles. The van der Waals surface area contributed by atoms with Crippen LogP contribution in [0.3, 0.4) is 0 Å². The number of furan rings is 1. The van der Waals surface area contributed by atoms with Gasteiger partial charge in [0.15, 0.2) is 5.76 Å². The van der Waals surface area contributed by atoms with Crippen LogP contribution in [0.2, 0.25) is 0 Å². The molecule has 0 radical (unpaired) electrons. The normalized spacial score (nSPS) is 12.5. The highest BCUT2D eigenvalue weighted by molar-refractivity contribution is 6.01. The zero-order valence-corrected chi connectivity index (χ0v) is 18.0. The number of hydrogen-bond acceptors (Lipinski definition) is 5. The van der Waals surface area contributed by atoms with Gasteiger partial charge >= 0.3 is 0 Å². The second-order valence-corrected chi connectivity index (χ2v) is 7.26. The third kappa shape index (κ3) is 4.71. The van der Waals surface area contributed by atoms with E-state index in [1.165, 1.54) is 12.1 Å². The van der Waals surface area contributed by atoms with Crippen molar-refractivity contribution >= 4 is 16.8 Å². The number of carbonyl (C=O) groups excluding carboxylic acids is 1. The largest absolute Gasteiger partial charge is 0.497 e. The van der Waals surface area contributed by atoms with Gasteiger partial charge in [0.05, 0.1) is 13.7 Å². The van der Waals surface area contributed by atoms with Crippen LogP contribution in [0.5, 0.6) is 5.75 Å². The Morgan fingerprint density at radius 2 is 1.87 bits per heavy atom. The van der Waals surface area contributed by atoms with Gasteiger partial charge in [-0.15, -0.1) is 0 Å². The lowest BCUT2D eigenvalue weighted by molar-refractivity contribution is 0.0961. The zero-order valence-electron chi connectivity index (χ0n) is 18.0. The number of aryl methyl sites for hydroxylation is 1. The van der Waals surface area contributed by atoms with E-state index < -0.39 is 0 Å². The molecule has 1 unspecified atom stereocenters. The maximum absolute atomic E-state index is 13.5. The lowest BCUT2D eigenvalue weighted by atomic mass is 10.0. The molecular formula is C24H29FN2O3. The first-order valence-corrected chi connectivity index (χ1v) is 10.3. The molecule has 0 aliphatic carbocycles. The van der Waals surface area contributed by atoms with Crippen LogP contribution in [0.25, 0.3) is 11.0 Å². The Morgan fingerprint density at radius 3 is 2.50 bits per heavy atom. The Bertz CT molecular complexity index is 994. The predicted molar refractivity (Wildman–Crippen MR) is 117 cm³/mol. The third-order valence-corrected chi connectivity index (χ3v) is 5.53. The molecule has 0 amide bonds. The fraction of sp³-hybridized carbons (Fsp3) is 0.375. The van der Waals surface area contributed by atoms with Crippen LogP contribution in [0, 0.1) is 12.7 Å². The maximum Gasteiger partial charge on any atom is 0.212 e. The first kappa shape index (κ1) is 22.0. The van der Waals surface area contributed by atoms with Gasteiger partial charge in [0.2, 0.25) is 5.78 Å². The molecule has 0 fully saturated rings. The van der Waals surface area contributed by atoms with Gasteiger partial charge in [-0.2, -0.15) is 0 Å². The van der Waals surface area contributed by atoms with E-state index in [9.17, 15) is 9.18 Å². The number of hydrogen-bond donors (Lipinski definition) is 1. The first-order chi connectivity index (χ1) is 14.5. The molecule has 0 spiro atoms. The Balaban J connectivity index is 1.71. The van der Waals surface area contributed by atoms with Gasteiger partial charge < -0.3 is 14.5 Å². The van der Waals surface area contributed by atoms with Gasteiger partial charge in [-0.3, -0.25) is 9.69 Å². The third-order valence-electron chi connectivity index (χ3n) is 5.53. The summed E-state index contributed by atoms with van der Waals surface area (Å²) in [4.78, 5) is 15.1. The van der Waals surface area contributed by atoms with E-state index in [4.69, 9.17) is 9.15 Å². The SMILES string of the molecule is CCN(CC)C(CNCC(=O)c1oc2ccc(F)cc2c1C)c1ccc(OC)cc1. The van der Waals surface area contributed by atoms with Crippen LogP contribution in [0.1, 0.15) is 41.6 Å². The average Bonchev–Trinajstić information content (AvgIpc) is 3.09. The van der Waals surface area contributed by atoms with Crippen molar-refractivity contribution in [3.8, 4) is 5.75 Å². The second-order valence-electron chi connectivity index (χ2n) is 7.26. The van der Waals surface area contributed by atoms with E-state index in [1.807, 2.05) is 12.1 Å². The summed E-state index contributed by atoms with van der Waals surface area (Å²) in [6.45, 7) is 8.61. The molecule has 0 aliphatic rings. The highest BCUT2D eigenvalue weighted by Crippen LogP contribution is 2.26. The summed E-state index contributed by atoms with van der Waals surface area (Å²) in [5.74, 6) is 0.617. The number of halogens is 1. The Morgan fingerprint density at radius 1 is 1.17 bits per heavy atom. The second kappa shape index (κ2) is 9.87. The summed E-state index contributed by atoms with van der Waals surface area (Å²) in [5.41, 5.74) is 2.36. The van der Waals surface area contributed by atoms with Crippen molar-refractivity contribution in [1.29, 1.82) is 0 Å². The van der Waals surface area contributed by atoms with Crippen LogP contribution in [0.15, 0.2) is 46.9 Å². The molecule has 1 heterocycles. The fourth-order valence-corrected chi connectivity index (χ4v) is 3.81. The van der Waals surface area contributed by atoms with Gasteiger partial charge in [0, 0.05) is 23.5 Å². The van der Waals surface area contributed by atoms with Gasteiger partial charge in [0.1, 0.15) is 17.1 Å². The number of ether oxygens (including phenoxy) is 1. The number of carbonyl (C=O) groups is 1. The molecule has 0 bridgehead atoms. The lowest BCUT2D eigenvalue weighted by Crippen LogP contribution is -2.37. The standard InChI is InChI=1S/C24H29FN2O3/c1-5-27(6-2)21(17-7-10-19(29-4)11-8-17)14-26-15-22(28)24-16(3)20-13-18(25)9-12-23(20)30-24/h7-13,21,26H,5-6,14-15H2,1-4H3. The predicted octanol–water partition coefficient (Wildman–Crippen LogP) is 4.74. The van der Waals surface area contributed by atoms with Crippen molar-refractivity contribution in [2.45, 2.75) is 26.8 Å². The van der Waals surface area contributed by atoms with Crippen LogP contribution in [-0.4, -0.2) is 44.0 Å². The molecule has 6 heteroatoms. The van der Waals surface area contributed by atoms with E-state index in [1.54, 1.807) is 20.1 Å². The fourth-order valence-electron chi connectivity index (χ4n) is 3.81. The van der Waals surface area contributed by atoms with E-state index in [-0.39, 0.29) is 29.9 Å². The summed E-state index contributed by atoms with van der Waals surface area (Å²) in [7, 11) is 1.65. The highest BCUT2D eigenvalue weighted by atomic mass is 19.1. The Hall–Kier alpha value is -2.70. The first-order valence-electron chi connectivity index (χ1n) is 10.3. The number of nitrogens with zero attached hydrogens (tertiary/aromatic N) is 1. The van der Waals surface area contributed by atoms with E-state index >= 15 is 0 Å². The summed E-state index contributed by atoms with van der Waals surface area (Å²) >= 11 is 0. The Labute approximate surface area is 176 Å². The minimum absolute atomic E-state index is 0.129. The van der Waals surface area contributed by atoms with Crippen LogP contribution >= 0.6 is 0 Å². The summed E-state index contributed by atoms with van der Waals surface area (Å²) in [6, 6.07) is 12.4. The molecule has 0 aliphatic heterocycles. The molecule has 1 N–H and O–H groups in total. The number of Topliss-reactive ketones (excluding diaryl/α,β-unsaturated/α-hetero) is 1. The van der Waals surface area contributed by atoms with Crippen LogP contribution < -0.4 is 10.1 Å². The zero-order chi connectivity index (χ0) is 21.7. The van der Waals surface area contributed by atoms with Crippen molar-refractivity contribution in [3.05, 3.63) is 65.2 Å². The van der Waals surface area contributed by atoms with Crippen molar-refractivity contribution in [3.63, 3.8) is 0 Å². The number of likely N-dealkylation sites (N-methyl/N-ethyl adjacent to an activating group) is 1. The molecule has 3 aromatic rings. The van der Waals surface area contributed by atoms with Gasteiger partial charge in [-0.1, -0.05) is 26.0 Å². The Kier molecular flexibility index (Phi) is 7.24. The smallest absolute Gasteiger partial charge is 0.212 e. The molecule has 1 aromatic heterocycles. The van der Waals surface area contributed by atoms with E-state index in [2.05, 4.69) is 36.2 Å². The van der Waals surface area contributed by atoms with E-state index in [0.717, 1.165) is 24.4 Å². The highest BCUT2D eigenvalue weighted by Gasteiger charge is 2.21. The monoisotopic (exact) mass is 412 g/mol. The van der Waals surface area contributed by atoms with Gasteiger partial charge in [0.25, 0.3) is 0 Å². The number of methoxy groups -OCH3 is 1. The van der Waals surface area contributed by atoms with Crippen molar-refractivity contribution < 1.29 is 18.3 Å². The summed E-state index contributed by atoms with van der Waals surface area (Å²) < 4.78 is 24.5. The number of nitrogens with one attached hydrogen (secondary N) is 1. The maximum atomic E-state index is 13.5. The molecular weight excluding hydrogens is 383 g/mol. The minimum atomic E-state index is -0.343. The lowest BCUT2D eigenvalue weighted by Gasteiger charge is -2.30. The molecule has 30 heavy (non-hydrogen) atoms. The molecule has 5 nitrogen and oxygen atoms in total. The molecule has 3 rings (SSSR count). The minimum Gasteiger partial charge on any atom is -0.497 e. The molecule has 0 saturated carbocycles. The van der Waals surface area contributed by atoms with Crippen molar-refractivity contribution in [2.24, 2.45) is 0 Å². The molecule has 0 saturated heterocycles. The van der Waals surface area contributed by atoms with E-state index in [0.29, 0.717) is 23.1 Å². The van der Waals surface area contributed by atoms with Crippen molar-refractivity contribution in [2.75, 3.05) is 33.3 Å². The van der Waals surface area contributed by atoms with Crippen LogP contribution in [-0.2, 0) is 0 Å². The quantitative estimate of drug-likeness (QED) is 0.487. The van der Waals surface area contributed by atoms with Crippen LogP contribution in [0.4, 0.5) is 4.39 Å². The van der Waals surface area contributed by atoms with Gasteiger partial charge in [-0.25, -0.2) is 4.39 Å². The number of fused-ring (bicyclic) bond motifs is 1. The molecule has 160 valence electrons. The molecule has 1 atom stereocenters. The van der Waals surface area contributed by atoms with Gasteiger partial charge in [-0.05, 0) is 55.9 Å². The topological polar surface area (TPSA) is 54.7 Å². The number of rotatable bonds is 10. The number of ketones is 1.